The van der Waals surface area contributed by atoms with Crippen molar-refractivity contribution in [1.29, 1.82) is 0 Å². The van der Waals surface area contributed by atoms with Crippen LogP contribution in [0.4, 0.5) is 0 Å². The Kier molecular flexibility index (Phi) is 10.3. The molecule has 1 aliphatic rings. The molecule has 0 aromatic rings. The summed E-state index contributed by atoms with van der Waals surface area (Å²) in [5.74, 6) is -0.221. The summed E-state index contributed by atoms with van der Waals surface area (Å²) in [6.45, 7) is 11.3. The maximum absolute atomic E-state index is 12.5. The number of carbonyl (C=O) groups is 2. The molecule has 0 N–H and O–H groups in total. The molecule has 148 valence electrons. The molecule has 0 aliphatic heterocycles. The summed E-state index contributed by atoms with van der Waals surface area (Å²) in [5, 5.41) is 0. The molecule has 1 atom stereocenters. The predicted molar refractivity (Wildman–Crippen MR) is 104 cm³/mol. The molecule has 0 bridgehead atoms. The van der Waals surface area contributed by atoms with Crippen LogP contribution in [-0.2, 0) is 19.4 Å². The van der Waals surface area contributed by atoms with Crippen LogP contribution in [0.3, 0.4) is 0 Å². The molecule has 1 saturated carbocycles. The van der Waals surface area contributed by atoms with Crippen molar-refractivity contribution in [3.05, 3.63) is 23.3 Å². The first-order chi connectivity index (χ1) is 12.4. The van der Waals surface area contributed by atoms with Gasteiger partial charge < -0.3 is 0 Å². The number of unbranched alkanes of at least 4 members (excludes halogenated alkanes) is 1. The third kappa shape index (κ3) is 7.35. The van der Waals surface area contributed by atoms with Gasteiger partial charge in [-0.05, 0) is 44.9 Å². The first-order valence-corrected chi connectivity index (χ1v) is 10.2. The summed E-state index contributed by atoms with van der Waals surface area (Å²) < 4.78 is 0. The van der Waals surface area contributed by atoms with Gasteiger partial charge in [0.15, 0.2) is 0 Å². The highest BCUT2D eigenvalue weighted by Gasteiger charge is 2.25. The molecule has 4 nitrogen and oxygen atoms in total. The predicted octanol–water partition coefficient (Wildman–Crippen LogP) is 6.07. The molecule has 26 heavy (non-hydrogen) atoms. The third-order valence-electron chi connectivity index (χ3n) is 5.48. The highest BCUT2D eigenvalue weighted by Crippen LogP contribution is 2.36. The Hall–Kier alpha value is -1.58. The van der Waals surface area contributed by atoms with Gasteiger partial charge in [0.1, 0.15) is 0 Å². The van der Waals surface area contributed by atoms with E-state index in [0.717, 1.165) is 25.7 Å². The number of rotatable bonds is 9. The van der Waals surface area contributed by atoms with Crippen molar-refractivity contribution in [3.63, 3.8) is 0 Å². The number of hydrogen-bond acceptors (Lipinski definition) is 4. The molecular weight excluding hydrogens is 328 g/mol. The van der Waals surface area contributed by atoms with Gasteiger partial charge in [-0.1, -0.05) is 70.9 Å². The van der Waals surface area contributed by atoms with Gasteiger partial charge in [0.05, 0.1) is 0 Å². The average molecular weight is 365 g/mol. The first-order valence-electron chi connectivity index (χ1n) is 10.2. The largest absolute Gasteiger partial charge is 0.382 e. The summed E-state index contributed by atoms with van der Waals surface area (Å²) in [6.07, 6.45) is 11.6. The molecule has 1 fully saturated rings. The van der Waals surface area contributed by atoms with Crippen LogP contribution in [0.25, 0.3) is 0 Å². The fraction of sp³-hybridized carbons (Fsp3) is 0.727. The molecule has 4 heteroatoms. The number of hydrogen-bond donors (Lipinski definition) is 0. The molecule has 0 saturated heterocycles. The second-order valence-electron chi connectivity index (χ2n) is 7.63. The highest BCUT2D eigenvalue weighted by molar-refractivity contribution is 5.90. The molecule has 1 rings (SSSR count). The zero-order valence-electron chi connectivity index (χ0n) is 17.1. The zero-order valence-corrected chi connectivity index (χ0v) is 17.1. The van der Waals surface area contributed by atoms with Crippen LogP contribution < -0.4 is 0 Å². The summed E-state index contributed by atoms with van der Waals surface area (Å²) in [4.78, 5) is 33.3. The van der Waals surface area contributed by atoms with Gasteiger partial charge in [-0.3, -0.25) is 0 Å². The van der Waals surface area contributed by atoms with E-state index in [9.17, 15) is 9.59 Å². The van der Waals surface area contributed by atoms with Gasteiger partial charge in [0, 0.05) is 11.1 Å². The third-order valence-corrected chi connectivity index (χ3v) is 5.48. The SMILES string of the molecule is C=C(C)C(=O)OOC(=O)/C(C)=C(\CC(CC)CCCC)C1CCCCC1. The minimum absolute atomic E-state index is 0.206. The van der Waals surface area contributed by atoms with E-state index >= 15 is 0 Å². The van der Waals surface area contributed by atoms with E-state index in [1.807, 2.05) is 6.92 Å². The Morgan fingerprint density at radius 2 is 1.65 bits per heavy atom. The van der Waals surface area contributed by atoms with Crippen molar-refractivity contribution in [1.82, 2.24) is 0 Å². The lowest BCUT2D eigenvalue weighted by Crippen LogP contribution is -2.19. The summed E-state index contributed by atoms with van der Waals surface area (Å²) >= 11 is 0. The van der Waals surface area contributed by atoms with Crippen molar-refractivity contribution >= 4 is 11.9 Å². The lowest BCUT2D eigenvalue weighted by Gasteiger charge is -2.28. The molecule has 0 radical (unpaired) electrons. The van der Waals surface area contributed by atoms with Crippen LogP contribution in [0.5, 0.6) is 0 Å². The quantitative estimate of drug-likeness (QED) is 0.283. The first kappa shape index (κ1) is 22.5. The van der Waals surface area contributed by atoms with Gasteiger partial charge in [-0.25, -0.2) is 19.4 Å². The van der Waals surface area contributed by atoms with Gasteiger partial charge in [-0.15, -0.1) is 0 Å². The van der Waals surface area contributed by atoms with E-state index in [4.69, 9.17) is 4.89 Å². The maximum atomic E-state index is 12.5. The van der Waals surface area contributed by atoms with Crippen LogP contribution in [-0.4, -0.2) is 11.9 Å². The summed E-state index contributed by atoms with van der Waals surface area (Å²) in [5.41, 5.74) is 2.03. The Bertz CT molecular complexity index is 512. The van der Waals surface area contributed by atoms with Crippen LogP contribution in [0.1, 0.15) is 91.9 Å². The molecule has 1 aliphatic carbocycles. The lowest BCUT2D eigenvalue weighted by molar-refractivity contribution is -0.252. The highest BCUT2D eigenvalue weighted by atomic mass is 17.2. The van der Waals surface area contributed by atoms with Gasteiger partial charge in [-0.2, -0.15) is 0 Å². The maximum Gasteiger partial charge on any atom is 0.382 e. The summed E-state index contributed by atoms with van der Waals surface area (Å²) in [7, 11) is 0. The minimum atomic E-state index is -0.709. The Morgan fingerprint density at radius 1 is 1.04 bits per heavy atom. The van der Waals surface area contributed by atoms with E-state index in [0.29, 0.717) is 17.4 Å². The van der Waals surface area contributed by atoms with E-state index < -0.39 is 11.9 Å². The molecular formula is C22H36O4. The van der Waals surface area contributed by atoms with Gasteiger partial charge in [0.2, 0.25) is 0 Å². The molecule has 0 spiro atoms. The van der Waals surface area contributed by atoms with Crippen LogP contribution in [0, 0.1) is 11.8 Å². The minimum Gasteiger partial charge on any atom is -0.242 e. The van der Waals surface area contributed by atoms with Crippen molar-refractivity contribution in [2.24, 2.45) is 11.8 Å². The van der Waals surface area contributed by atoms with Crippen molar-refractivity contribution in [2.75, 3.05) is 0 Å². The summed E-state index contributed by atoms with van der Waals surface area (Å²) in [6, 6.07) is 0. The monoisotopic (exact) mass is 364 g/mol. The van der Waals surface area contributed by atoms with E-state index in [1.54, 1.807) is 0 Å². The second kappa shape index (κ2) is 11.9. The molecule has 0 amide bonds. The second-order valence-corrected chi connectivity index (χ2v) is 7.63. The van der Waals surface area contributed by atoms with Crippen LogP contribution >= 0.6 is 0 Å². The fourth-order valence-corrected chi connectivity index (χ4v) is 3.67. The lowest BCUT2D eigenvalue weighted by atomic mass is 9.77. The fourth-order valence-electron chi connectivity index (χ4n) is 3.67. The van der Waals surface area contributed by atoms with E-state index in [2.05, 4.69) is 25.3 Å². The van der Waals surface area contributed by atoms with E-state index in [-0.39, 0.29) is 5.57 Å². The number of carbonyl (C=O) groups excluding carboxylic acids is 2. The smallest absolute Gasteiger partial charge is 0.242 e. The normalized spacial score (nSPS) is 17.2. The average Bonchev–Trinajstić information content (AvgIpc) is 2.66. The Morgan fingerprint density at radius 3 is 2.19 bits per heavy atom. The van der Waals surface area contributed by atoms with Crippen molar-refractivity contribution in [3.8, 4) is 0 Å². The molecule has 0 heterocycles. The zero-order chi connectivity index (χ0) is 19.5. The topological polar surface area (TPSA) is 52.6 Å². The van der Waals surface area contributed by atoms with Gasteiger partial charge in [0.25, 0.3) is 0 Å². The van der Waals surface area contributed by atoms with Crippen molar-refractivity contribution in [2.45, 2.75) is 91.9 Å². The van der Waals surface area contributed by atoms with Crippen molar-refractivity contribution < 1.29 is 19.4 Å². The Balaban J connectivity index is 2.91. The van der Waals surface area contributed by atoms with Gasteiger partial charge >= 0.3 is 11.9 Å². The molecule has 0 aromatic heterocycles. The van der Waals surface area contributed by atoms with E-state index in [1.165, 1.54) is 51.0 Å². The molecule has 1 unspecified atom stereocenters. The standard InChI is InChI=1S/C22H36O4/c1-6-8-12-18(7-2)15-20(19-13-10-9-11-14-19)17(5)22(24)26-25-21(23)16(3)4/h18-19H,3,6-15H2,1-2,4-5H3/b20-17+. The van der Waals surface area contributed by atoms with Crippen LogP contribution in [0.15, 0.2) is 23.3 Å². The van der Waals surface area contributed by atoms with Crippen LogP contribution in [0.2, 0.25) is 0 Å². The molecule has 0 aromatic carbocycles. The number of allylic oxidation sites excluding steroid dienone is 1. The Labute approximate surface area is 158 Å².